The maximum atomic E-state index is 12.2. The molecule has 142 valence electrons. The monoisotopic (exact) mass is 382 g/mol. The van der Waals surface area contributed by atoms with Crippen LogP contribution in [0, 0.1) is 5.92 Å². The Bertz CT molecular complexity index is 966. The maximum absolute atomic E-state index is 12.2. The molecule has 0 atom stereocenters. The first kappa shape index (κ1) is 18.5. The Labute approximate surface area is 151 Å². The molecule has 1 aliphatic rings. The van der Waals surface area contributed by atoms with Crippen LogP contribution in [0.3, 0.4) is 0 Å². The van der Waals surface area contributed by atoms with Gasteiger partial charge in [0.1, 0.15) is 0 Å². The molecule has 0 spiro atoms. The molecular formula is C16H22N4O5S. The number of benzene rings is 1. The van der Waals surface area contributed by atoms with Crippen LogP contribution in [0.25, 0.3) is 10.8 Å². The summed E-state index contributed by atoms with van der Waals surface area (Å²) in [5.41, 5.74) is 0.704. The molecule has 1 aromatic carbocycles. The molecule has 0 aliphatic carbocycles. The third-order valence-electron chi connectivity index (χ3n) is 4.54. The number of anilines is 1. The number of pyridine rings is 1. The van der Waals surface area contributed by atoms with Crippen molar-refractivity contribution >= 4 is 26.7 Å². The van der Waals surface area contributed by atoms with Gasteiger partial charge in [-0.05, 0) is 24.5 Å². The highest BCUT2D eigenvalue weighted by atomic mass is 32.2. The third kappa shape index (κ3) is 3.76. The van der Waals surface area contributed by atoms with E-state index in [-0.39, 0.29) is 5.56 Å². The molecule has 0 amide bonds. The van der Waals surface area contributed by atoms with Gasteiger partial charge in [0, 0.05) is 31.2 Å². The number of hydrogen-bond acceptors (Lipinski definition) is 6. The first-order valence-electron chi connectivity index (χ1n) is 8.12. The number of aromatic amines is 1. The second-order valence-electron chi connectivity index (χ2n) is 6.25. The summed E-state index contributed by atoms with van der Waals surface area (Å²) in [7, 11) is -0.571. The van der Waals surface area contributed by atoms with Gasteiger partial charge in [0.15, 0.2) is 11.5 Å². The van der Waals surface area contributed by atoms with Crippen LogP contribution in [0.15, 0.2) is 23.1 Å². The topological polar surface area (TPSA) is 127 Å². The highest BCUT2D eigenvalue weighted by Gasteiger charge is 2.28. The summed E-state index contributed by atoms with van der Waals surface area (Å²) in [4.78, 5) is 17.1. The minimum Gasteiger partial charge on any atom is -0.493 e. The van der Waals surface area contributed by atoms with Crippen LogP contribution < -0.4 is 29.8 Å². The number of nitrogens with two attached hydrogens (primary N) is 1. The van der Waals surface area contributed by atoms with E-state index < -0.39 is 10.2 Å². The molecule has 1 aromatic heterocycles. The van der Waals surface area contributed by atoms with Gasteiger partial charge in [0.05, 0.1) is 25.3 Å². The van der Waals surface area contributed by atoms with Gasteiger partial charge in [0.25, 0.3) is 15.8 Å². The lowest BCUT2D eigenvalue weighted by Gasteiger charge is -2.41. The number of methoxy groups -OCH3 is 2. The Balaban J connectivity index is 1.79. The van der Waals surface area contributed by atoms with E-state index in [1.165, 1.54) is 7.11 Å². The molecule has 0 unspecified atom stereocenters. The second kappa shape index (κ2) is 7.14. The van der Waals surface area contributed by atoms with E-state index in [1.807, 2.05) is 0 Å². The lowest BCUT2D eigenvalue weighted by Crippen LogP contribution is -2.48. The highest BCUT2D eigenvalue weighted by Crippen LogP contribution is 2.37. The van der Waals surface area contributed by atoms with Crippen LogP contribution in [0.1, 0.15) is 6.42 Å². The minimum atomic E-state index is -3.65. The highest BCUT2D eigenvalue weighted by molar-refractivity contribution is 7.87. The van der Waals surface area contributed by atoms with Crippen molar-refractivity contribution in [1.82, 2.24) is 9.71 Å². The van der Waals surface area contributed by atoms with Crippen molar-refractivity contribution in [3.63, 3.8) is 0 Å². The van der Waals surface area contributed by atoms with Crippen LogP contribution in [-0.2, 0) is 10.2 Å². The average molecular weight is 382 g/mol. The van der Waals surface area contributed by atoms with Gasteiger partial charge in [-0.25, -0.2) is 9.86 Å². The number of fused-ring (bicyclic) bond motifs is 1. The molecule has 2 aromatic rings. The molecule has 4 N–H and O–H groups in total. The Morgan fingerprint density at radius 2 is 1.85 bits per heavy atom. The molecule has 1 aliphatic heterocycles. The summed E-state index contributed by atoms with van der Waals surface area (Å²) in [5, 5.41) is 6.23. The third-order valence-corrected chi connectivity index (χ3v) is 5.14. The van der Waals surface area contributed by atoms with Crippen LogP contribution in [0.5, 0.6) is 11.5 Å². The van der Waals surface area contributed by atoms with Gasteiger partial charge in [0.2, 0.25) is 0 Å². The zero-order valence-corrected chi connectivity index (χ0v) is 15.4. The molecule has 3 rings (SSSR count). The summed E-state index contributed by atoms with van der Waals surface area (Å²) in [5.74, 6) is 1.41. The van der Waals surface area contributed by atoms with Crippen molar-refractivity contribution in [2.24, 2.45) is 11.1 Å². The van der Waals surface area contributed by atoms with Crippen LogP contribution in [0.2, 0.25) is 0 Å². The summed E-state index contributed by atoms with van der Waals surface area (Å²) < 4.78 is 34.7. The predicted octanol–water partition coefficient (Wildman–Crippen LogP) is 0.165. The van der Waals surface area contributed by atoms with E-state index in [0.717, 1.165) is 24.2 Å². The van der Waals surface area contributed by atoms with Gasteiger partial charge < -0.3 is 19.4 Å². The fourth-order valence-electron chi connectivity index (χ4n) is 3.18. The lowest BCUT2D eigenvalue weighted by atomic mass is 9.95. The fraction of sp³-hybridized carbons (Fsp3) is 0.438. The van der Waals surface area contributed by atoms with Crippen molar-refractivity contribution in [2.45, 2.75) is 6.42 Å². The van der Waals surface area contributed by atoms with Gasteiger partial charge >= 0.3 is 0 Å². The Morgan fingerprint density at radius 3 is 2.42 bits per heavy atom. The fourth-order valence-corrected chi connectivity index (χ4v) is 3.59. The van der Waals surface area contributed by atoms with Crippen molar-refractivity contribution in [3.8, 4) is 11.5 Å². The normalized spacial score (nSPS) is 15.1. The lowest BCUT2D eigenvalue weighted by molar-refractivity contribution is 0.355. The Kier molecular flexibility index (Phi) is 5.08. The first-order valence-corrected chi connectivity index (χ1v) is 9.66. The smallest absolute Gasteiger partial charge is 0.274 e. The van der Waals surface area contributed by atoms with E-state index >= 15 is 0 Å². The zero-order valence-electron chi connectivity index (χ0n) is 14.6. The van der Waals surface area contributed by atoms with E-state index in [1.54, 1.807) is 25.4 Å². The van der Waals surface area contributed by atoms with E-state index in [0.29, 0.717) is 35.8 Å². The summed E-state index contributed by atoms with van der Waals surface area (Å²) >= 11 is 0. The molecule has 2 heterocycles. The van der Waals surface area contributed by atoms with Crippen LogP contribution >= 0.6 is 0 Å². The van der Waals surface area contributed by atoms with E-state index in [9.17, 15) is 13.2 Å². The molecular weight excluding hydrogens is 360 g/mol. The number of ether oxygens (including phenoxy) is 2. The molecule has 10 heteroatoms. The molecule has 0 radical (unpaired) electrons. The summed E-state index contributed by atoms with van der Waals surface area (Å²) in [6, 6.07) is 3.47. The number of nitrogens with one attached hydrogen (secondary N) is 2. The molecule has 9 nitrogen and oxygen atoms in total. The summed E-state index contributed by atoms with van der Waals surface area (Å²) in [6.45, 7) is 1.85. The second-order valence-corrected chi connectivity index (χ2v) is 7.63. The number of hydrogen-bond donors (Lipinski definition) is 3. The van der Waals surface area contributed by atoms with Gasteiger partial charge in [-0.15, -0.1) is 0 Å². The SMILES string of the molecule is COc1cc2c(N3CC(CCNS(N)(=O)=O)C3)c[nH]c(=O)c2cc1OC. The average Bonchev–Trinajstić information content (AvgIpc) is 2.56. The predicted molar refractivity (Wildman–Crippen MR) is 99.1 cm³/mol. The molecule has 1 fully saturated rings. The van der Waals surface area contributed by atoms with E-state index in [2.05, 4.69) is 14.6 Å². The van der Waals surface area contributed by atoms with Crippen molar-refractivity contribution in [1.29, 1.82) is 0 Å². The van der Waals surface area contributed by atoms with Crippen LogP contribution in [0.4, 0.5) is 5.69 Å². The Hall–Kier alpha value is -2.30. The molecule has 1 saturated heterocycles. The largest absolute Gasteiger partial charge is 0.493 e. The number of H-pyrrole nitrogens is 1. The number of rotatable bonds is 7. The van der Waals surface area contributed by atoms with Gasteiger partial charge in [-0.3, -0.25) is 4.79 Å². The quantitative estimate of drug-likeness (QED) is 0.626. The van der Waals surface area contributed by atoms with E-state index in [4.69, 9.17) is 14.6 Å². The molecule has 0 bridgehead atoms. The van der Waals surface area contributed by atoms with Crippen LogP contribution in [-0.4, -0.2) is 47.3 Å². The van der Waals surface area contributed by atoms with Gasteiger partial charge in [-0.1, -0.05) is 0 Å². The Morgan fingerprint density at radius 1 is 1.23 bits per heavy atom. The van der Waals surface area contributed by atoms with Crippen molar-refractivity contribution in [2.75, 3.05) is 38.8 Å². The first-order chi connectivity index (χ1) is 12.3. The number of aromatic nitrogens is 1. The van der Waals surface area contributed by atoms with Crippen molar-refractivity contribution in [3.05, 3.63) is 28.7 Å². The standard InChI is InChI=1S/C16H22N4O5S/c1-24-14-5-11-12(6-15(14)25-2)16(21)18-7-13(11)20-8-10(9-20)3-4-19-26(17,22)23/h5-7,10,19H,3-4,8-9H2,1-2H3,(H,18,21)(H2,17,22,23). The maximum Gasteiger partial charge on any atom is 0.274 e. The minimum absolute atomic E-state index is 0.195. The molecule has 26 heavy (non-hydrogen) atoms. The zero-order chi connectivity index (χ0) is 18.9. The summed E-state index contributed by atoms with van der Waals surface area (Å²) in [6.07, 6.45) is 2.39. The molecule has 0 saturated carbocycles. The van der Waals surface area contributed by atoms with Gasteiger partial charge in [-0.2, -0.15) is 8.42 Å². The van der Waals surface area contributed by atoms with Crippen molar-refractivity contribution < 1.29 is 17.9 Å². The number of nitrogens with zero attached hydrogens (tertiary/aromatic N) is 1.